The van der Waals surface area contributed by atoms with Gasteiger partial charge in [-0.05, 0) is 45.6 Å². The molecule has 0 aliphatic carbocycles. The zero-order valence-electron chi connectivity index (χ0n) is 18.6. The van der Waals surface area contributed by atoms with Gasteiger partial charge in [0.15, 0.2) is 0 Å². The number of fused-ring (bicyclic) bond motifs is 1. The van der Waals surface area contributed by atoms with Gasteiger partial charge in [-0.15, -0.1) is 0 Å². The maximum Gasteiger partial charge on any atom is 0.309 e. The molecular weight excluding hydrogens is 400 g/mol. The van der Waals surface area contributed by atoms with Gasteiger partial charge in [0.25, 0.3) is 5.78 Å². The van der Waals surface area contributed by atoms with Crippen LogP contribution in [0.3, 0.4) is 0 Å². The van der Waals surface area contributed by atoms with Gasteiger partial charge in [0.2, 0.25) is 11.8 Å². The monoisotopic (exact) mass is 430 g/mol. The SMILES string of the molecule is CCOC(=O)C1CCN(C(=O)CN(C)C(=O)CCc2c(C)nc3ncnn3c2C)CC1. The zero-order chi connectivity index (χ0) is 22.5. The average molecular weight is 431 g/mol. The smallest absolute Gasteiger partial charge is 0.309 e. The Bertz CT molecular complexity index is 964. The van der Waals surface area contributed by atoms with E-state index in [1.54, 1.807) is 23.4 Å². The first kappa shape index (κ1) is 22.6. The number of aryl methyl sites for hydroxylation is 2. The van der Waals surface area contributed by atoms with Crippen molar-refractivity contribution in [3.8, 4) is 0 Å². The highest BCUT2D eigenvalue weighted by atomic mass is 16.5. The summed E-state index contributed by atoms with van der Waals surface area (Å²) in [4.78, 5) is 48.8. The first-order valence-electron chi connectivity index (χ1n) is 10.7. The largest absolute Gasteiger partial charge is 0.466 e. The highest BCUT2D eigenvalue weighted by Crippen LogP contribution is 2.19. The van der Waals surface area contributed by atoms with Gasteiger partial charge in [-0.1, -0.05) is 0 Å². The van der Waals surface area contributed by atoms with E-state index < -0.39 is 0 Å². The van der Waals surface area contributed by atoms with Gasteiger partial charge in [-0.2, -0.15) is 10.1 Å². The van der Waals surface area contributed by atoms with E-state index in [-0.39, 0.29) is 36.7 Å². The molecular formula is C21H30N6O4. The molecule has 168 valence electrons. The molecule has 10 heteroatoms. The van der Waals surface area contributed by atoms with Crippen LogP contribution in [0.25, 0.3) is 5.78 Å². The number of nitrogens with zero attached hydrogens (tertiary/aromatic N) is 6. The second kappa shape index (κ2) is 9.84. The third-order valence-corrected chi connectivity index (χ3v) is 5.84. The van der Waals surface area contributed by atoms with E-state index in [9.17, 15) is 14.4 Å². The molecule has 0 unspecified atom stereocenters. The molecule has 1 saturated heterocycles. The van der Waals surface area contributed by atoms with E-state index in [4.69, 9.17) is 4.74 Å². The number of rotatable bonds is 7. The lowest BCUT2D eigenvalue weighted by molar-refractivity contribution is -0.151. The molecule has 3 rings (SSSR count). The van der Waals surface area contributed by atoms with E-state index in [0.29, 0.717) is 44.7 Å². The van der Waals surface area contributed by atoms with Crippen molar-refractivity contribution in [3.63, 3.8) is 0 Å². The van der Waals surface area contributed by atoms with Crippen molar-refractivity contribution >= 4 is 23.6 Å². The number of likely N-dealkylation sites (N-methyl/N-ethyl adjacent to an activating group) is 1. The van der Waals surface area contributed by atoms with Crippen molar-refractivity contribution in [2.75, 3.05) is 33.3 Å². The minimum absolute atomic E-state index is 0.0290. The maximum absolute atomic E-state index is 12.6. The Hall–Kier alpha value is -3.04. The van der Waals surface area contributed by atoms with Gasteiger partial charge in [0.1, 0.15) is 6.33 Å². The van der Waals surface area contributed by atoms with Gasteiger partial charge in [0, 0.05) is 37.9 Å². The molecule has 0 N–H and O–H groups in total. The molecule has 0 atom stereocenters. The van der Waals surface area contributed by atoms with Gasteiger partial charge in [-0.25, -0.2) is 9.50 Å². The zero-order valence-corrected chi connectivity index (χ0v) is 18.6. The summed E-state index contributed by atoms with van der Waals surface area (Å²) in [6.07, 6.45) is 3.44. The summed E-state index contributed by atoms with van der Waals surface area (Å²) in [6.45, 7) is 7.03. The predicted octanol–water partition coefficient (Wildman–Crippen LogP) is 0.934. The van der Waals surface area contributed by atoms with Crippen LogP contribution in [0.4, 0.5) is 0 Å². The van der Waals surface area contributed by atoms with Crippen molar-refractivity contribution in [1.29, 1.82) is 0 Å². The number of likely N-dealkylation sites (tertiary alicyclic amines) is 1. The molecule has 2 amide bonds. The standard InChI is InChI=1S/C21H30N6O4/c1-5-31-20(30)16-8-10-26(11-9-16)19(29)12-25(4)18(28)7-6-17-14(2)24-21-22-13-23-27(21)15(17)3/h13,16H,5-12H2,1-4H3. The summed E-state index contributed by atoms with van der Waals surface area (Å²) in [6, 6.07) is 0. The highest BCUT2D eigenvalue weighted by molar-refractivity contribution is 5.85. The van der Waals surface area contributed by atoms with Crippen LogP contribution in [0.2, 0.25) is 0 Å². The predicted molar refractivity (Wildman–Crippen MR) is 112 cm³/mol. The quantitative estimate of drug-likeness (QED) is 0.601. The van der Waals surface area contributed by atoms with Crippen molar-refractivity contribution in [1.82, 2.24) is 29.4 Å². The first-order chi connectivity index (χ1) is 14.8. The molecule has 10 nitrogen and oxygen atoms in total. The van der Waals surface area contributed by atoms with Crippen LogP contribution in [0.1, 0.15) is 43.1 Å². The second-order valence-electron chi connectivity index (χ2n) is 7.89. The van der Waals surface area contributed by atoms with Crippen molar-refractivity contribution in [2.45, 2.75) is 46.5 Å². The number of amides is 2. The van der Waals surface area contributed by atoms with Gasteiger partial charge in [0.05, 0.1) is 19.1 Å². The summed E-state index contributed by atoms with van der Waals surface area (Å²) < 4.78 is 6.73. The molecule has 0 radical (unpaired) electrons. The van der Waals surface area contributed by atoms with Crippen molar-refractivity contribution in [3.05, 3.63) is 23.3 Å². The van der Waals surface area contributed by atoms with E-state index in [1.807, 2.05) is 13.8 Å². The van der Waals surface area contributed by atoms with E-state index in [2.05, 4.69) is 15.1 Å². The lowest BCUT2D eigenvalue weighted by Crippen LogP contribution is -2.45. The third-order valence-electron chi connectivity index (χ3n) is 5.84. The molecule has 31 heavy (non-hydrogen) atoms. The van der Waals surface area contributed by atoms with E-state index in [0.717, 1.165) is 17.0 Å². The van der Waals surface area contributed by atoms with Crippen LogP contribution in [-0.4, -0.2) is 80.5 Å². The fourth-order valence-corrected chi connectivity index (χ4v) is 3.96. The summed E-state index contributed by atoms with van der Waals surface area (Å²) in [5.74, 6) is -0.000171. The van der Waals surface area contributed by atoms with Gasteiger partial charge >= 0.3 is 5.97 Å². The fraction of sp³-hybridized carbons (Fsp3) is 0.619. The Kier molecular flexibility index (Phi) is 7.19. The van der Waals surface area contributed by atoms with Crippen LogP contribution < -0.4 is 0 Å². The number of hydrogen-bond acceptors (Lipinski definition) is 7. The average Bonchev–Trinajstić information content (AvgIpc) is 3.22. The molecule has 1 fully saturated rings. The van der Waals surface area contributed by atoms with Crippen LogP contribution in [-0.2, 0) is 25.5 Å². The second-order valence-corrected chi connectivity index (χ2v) is 7.89. The van der Waals surface area contributed by atoms with Crippen molar-refractivity contribution < 1.29 is 19.1 Å². The summed E-state index contributed by atoms with van der Waals surface area (Å²) >= 11 is 0. The molecule has 2 aromatic rings. The molecule has 1 aliphatic rings. The topological polar surface area (TPSA) is 110 Å². The Labute approximate surface area is 181 Å². The van der Waals surface area contributed by atoms with E-state index >= 15 is 0 Å². The maximum atomic E-state index is 12.6. The first-order valence-corrected chi connectivity index (χ1v) is 10.7. The fourth-order valence-electron chi connectivity index (χ4n) is 3.96. The number of ether oxygens (including phenoxy) is 1. The molecule has 3 heterocycles. The van der Waals surface area contributed by atoms with Crippen LogP contribution in [0.5, 0.6) is 0 Å². The Balaban J connectivity index is 1.50. The Morgan fingerprint density at radius 3 is 2.61 bits per heavy atom. The molecule has 0 bridgehead atoms. The summed E-state index contributed by atoms with van der Waals surface area (Å²) in [7, 11) is 1.64. The molecule has 2 aromatic heterocycles. The van der Waals surface area contributed by atoms with Crippen LogP contribution in [0.15, 0.2) is 6.33 Å². The number of piperidine rings is 1. The van der Waals surface area contributed by atoms with Crippen LogP contribution in [0, 0.1) is 19.8 Å². The molecule has 0 spiro atoms. The number of esters is 1. The molecule has 0 aromatic carbocycles. The summed E-state index contributed by atoms with van der Waals surface area (Å²) in [5.41, 5.74) is 2.71. The lowest BCUT2D eigenvalue weighted by Gasteiger charge is -2.32. The minimum atomic E-state index is -0.189. The summed E-state index contributed by atoms with van der Waals surface area (Å²) in [5, 5.41) is 4.17. The normalized spacial score (nSPS) is 14.6. The molecule has 1 aliphatic heterocycles. The number of carbonyl (C=O) groups excluding carboxylic acids is 3. The highest BCUT2D eigenvalue weighted by Gasteiger charge is 2.29. The lowest BCUT2D eigenvalue weighted by atomic mass is 9.97. The minimum Gasteiger partial charge on any atom is -0.466 e. The van der Waals surface area contributed by atoms with Gasteiger partial charge < -0.3 is 14.5 Å². The van der Waals surface area contributed by atoms with Crippen molar-refractivity contribution in [2.24, 2.45) is 5.92 Å². The number of hydrogen-bond donors (Lipinski definition) is 0. The van der Waals surface area contributed by atoms with E-state index in [1.165, 1.54) is 11.2 Å². The van der Waals surface area contributed by atoms with Crippen LogP contribution >= 0.6 is 0 Å². The molecule has 0 saturated carbocycles. The Morgan fingerprint density at radius 2 is 1.94 bits per heavy atom. The third kappa shape index (κ3) is 5.18. The van der Waals surface area contributed by atoms with Gasteiger partial charge in [-0.3, -0.25) is 14.4 Å². The number of aromatic nitrogens is 4. The Morgan fingerprint density at radius 1 is 1.23 bits per heavy atom. The number of carbonyl (C=O) groups is 3.